The van der Waals surface area contributed by atoms with E-state index in [0.29, 0.717) is 24.4 Å². The number of sulfonamides is 1. The fraction of sp³-hybridized carbons (Fsp3) is 0.600. The van der Waals surface area contributed by atoms with Gasteiger partial charge in [-0.2, -0.15) is 4.31 Å². The molecular formula is C25H37N3O5S. The first-order chi connectivity index (χ1) is 15.9. The molecule has 8 nitrogen and oxygen atoms in total. The monoisotopic (exact) mass is 491 g/mol. The molecule has 2 aliphatic heterocycles. The topological polar surface area (TPSA) is 105 Å². The molecule has 2 saturated heterocycles. The van der Waals surface area contributed by atoms with Crippen LogP contribution in [0.3, 0.4) is 0 Å². The number of carbonyl (C=O) groups excluding carboxylic acids is 2. The van der Waals surface area contributed by atoms with Gasteiger partial charge in [-0.1, -0.05) is 6.58 Å². The van der Waals surface area contributed by atoms with Crippen molar-refractivity contribution in [2.24, 2.45) is 5.92 Å². The Hall–Kier alpha value is -2.23. The molecule has 3 rings (SSSR count). The fourth-order valence-corrected chi connectivity index (χ4v) is 7.42. The van der Waals surface area contributed by atoms with Crippen LogP contribution in [0.1, 0.15) is 63.7 Å². The Morgan fingerprint density at radius 1 is 1.15 bits per heavy atom. The summed E-state index contributed by atoms with van der Waals surface area (Å²) in [7, 11) is -3.89. The van der Waals surface area contributed by atoms with Gasteiger partial charge in [0.1, 0.15) is 0 Å². The zero-order valence-corrected chi connectivity index (χ0v) is 21.4. The van der Waals surface area contributed by atoms with Crippen LogP contribution in [0.4, 0.5) is 0 Å². The summed E-state index contributed by atoms with van der Waals surface area (Å²) in [6.07, 6.45) is 4.59. The summed E-state index contributed by atoms with van der Waals surface area (Å²) in [5, 5.41) is 5.80. The summed E-state index contributed by atoms with van der Waals surface area (Å²) in [6, 6.07) is 5.67. The molecule has 2 amide bonds. The van der Waals surface area contributed by atoms with Crippen molar-refractivity contribution in [2.45, 2.75) is 75.4 Å². The Bertz CT molecular complexity index is 1010. The van der Waals surface area contributed by atoms with Gasteiger partial charge in [-0.05, 0) is 89.6 Å². The summed E-state index contributed by atoms with van der Waals surface area (Å²) in [5.74, 6) is 0.0131. The smallest absolute Gasteiger partial charge is 0.251 e. The van der Waals surface area contributed by atoms with Crippen molar-refractivity contribution in [3.63, 3.8) is 0 Å². The maximum atomic E-state index is 13.7. The van der Waals surface area contributed by atoms with Crippen LogP contribution in [-0.4, -0.2) is 61.4 Å². The van der Waals surface area contributed by atoms with Gasteiger partial charge in [0.25, 0.3) is 5.91 Å². The Labute approximate surface area is 203 Å². The first-order valence-electron chi connectivity index (χ1n) is 11.8. The summed E-state index contributed by atoms with van der Waals surface area (Å²) >= 11 is 0. The second-order valence-electron chi connectivity index (χ2n) is 10.3. The first kappa shape index (κ1) is 26.4. The van der Waals surface area contributed by atoms with E-state index in [9.17, 15) is 18.0 Å². The lowest BCUT2D eigenvalue weighted by Crippen LogP contribution is -2.56. The molecule has 2 aliphatic rings. The lowest BCUT2D eigenvalue weighted by Gasteiger charge is -2.40. The molecular weight excluding hydrogens is 454 g/mol. The van der Waals surface area contributed by atoms with Gasteiger partial charge in [-0.15, -0.1) is 0 Å². The third kappa shape index (κ3) is 5.53. The highest BCUT2D eigenvalue weighted by molar-refractivity contribution is 7.89. The largest absolute Gasteiger partial charge is 0.381 e. The van der Waals surface area contributed by atoms with E-state index in [-0.39, 0.29) is 22.8 Å². The molecule has 188 valence electrons. The number of hydrogen-bond acceptors (Lipinski definition) is 5. The van der Waals surface area contributed by atoms with Crippen LogP contribution in [0.15, 0.2) is 41.8 Å². The van der Waals surface area contributed by atoms with E-state index < -0.39 is 21.1 Å². The van der Waals surface area contributed by atoms with Crippen LogP contribution >= 0.6 is 0 Å². The number of ether oxygens (including phenoxy) is 1. The molecule has 1 atom stereocenters. The molecule has 2 fully saturated rings. The number of benzene rings is 1. The average molecular weight is 492 g/mol. The van der Waals surface area contributed by atoms with E-state index in [1.54, 1.807) is 12.1 Å². The molecule has 0 spiro atoms. The lowest BCUT2D eigenvalue weighted by molar-refractivity contribution is -0.117. The van der Waals surface area contributed by atoms with Crippen LogP contribution in [0.2, 0.25) is 0 Å². The van der Waals surface area contributed by atoms with Crippen molar-refractivity contribution in [3.05, 3.63) is 42.5 Å². The molecule has 1 unspecified atom stereocenters. The molecule has 1 aromatic carbocycles. The second kappa shape index (κ2) is 10.2. The van der Waals surface area contributed by atoms with Gasteiger partial charge in [-0.3, -0.25) is 9.59 Å². The fourth-order valence-electron chi connectivity index (χ4n) is 5.26. The van der Waals surface area contributed by atoms with Gasteiger partial charge in [0.2, 0.25) is 15.9 Å². The normalized spacial score (nSPS) is 22.8. The van der Waals surface area contributed by atoms with Crippen molar-refractivity contribution < 1.29 is 22.7 Å². The lowest BCUT2D eigenvalue weighted by atomic mass is 9.94. The number of rotatable bonds is 8. The number of amides is 2. The number of hydrogen-bond donors (Lipinski definition) is 2. The van der Waals surface area contributed by atoms with Crippen molar-refractivity contribution in [1.29, 1.82) is 0 Å². The van der Waals surface area contributed by atoms with Gasteiger partial charge in [0.15, 0.2) is 0 Å². The highest BCUT2D eigenvalue weighted by Gasteiger charge is 2.57. The average Bonchev–Trinajstić information content (AvgIpc) is 2.97. The molecule has 0 aromatic heterocycles. The van der Waals surface area contributed by atoms with Crippen LogP contribution in [0, 0.1) is 5.92 Å². The number of nitrogens with one attached hydrogen (secondary N) is 2. The van der Waals surface area contributed by atoms with Crippen LogP contribution in [-0.2, 0) is 19.6 Å². The quantitative estimate of drug-likeness (QED) is 0.544. The molecule has 2 heterocycles. The number of nitrogens with zero attached hydrogens (tertiary/aromatic N) is 1. The minimum atomic E-state index is -3.89. The second-order valence-corrected chi connectivity index (χ2v) is 12.1. The van der Waals surface area contributed by atoms with Gasteiger partial charge < -0.3 is 15.4 Å². The predicted octanol–water partition coefficient (Wildman–Crippen LogP) is 2.86. The Kier molecular flexibility index (Phi) is 7.89. The van der Waals surface area contributed by atoms with E-state index >= 15 is 0 Å². The van der Waals surface area contributed by atoms with Crippen molar-refractivity contribution in [2.75, 3.05) is 19.8 Å². The minimum absolute atomic E-state index is 0.114. The van der Waals surface area contributed by atoms with Crippen molar-refractivity contribution in [3.8, 4) is 0 Å². The Morgan fingerprint density at radius 3 is 2.35 bits per heavy atom. The molecule has 2 N–H and O–H groups in total. The summed E-state index contributed by atoms with van der Waals surface area (Å²) < 4.78 is 34.2. The molecule has 0 bridgehead atoms. The maximum Gasteiger partial charge on any atom is 0.251 e. The first-order valence-corrected chi connectivity index (χ1v) is 13.3. The number of carbonyl (C=O) groups is 2. The summed E-state index contributed by atoms with van der Waals surface area (Å²) in [6.45, 7) is 13.0. The van der Waals surface area contributed by atoms with Gasteiger partial charge in [0.05, 0.1) is 10.4 Å². The minimum Gasteiger partial charge on any atom is -0.381 e. The third-order valence-corrected chi connectivity index (χ3v) is 9.28. The third-order valence-electron chi connectivity index (χ3n) is 6.97. The standard InChI is InChI=1S/C25H37N3O5S/c1-6-22(29)27-21-17-24(2,3)28(25(21,4)5)34(31,32)20-9-7-19(8-10-20)23(30)26-14-11-18-12-15-33-16-13-18/h6-10,18,21H,1,11-17H2,2-5H3,(H,26,30)(H,27,29). The molecule has 1 aromatic rings. The summed E-state index contributed by atoms with van der Waals surface area (Å²) in [5.41, 5.74) is -1.16. The van der Waals surface area contributed by atoms with Crippen molar-refractivity contribution >= 4 is 21.8 Å². The SMILES string of the molecule is C=CC(=O)NC1CC(C)(C)N(S(=O)(=O)c2ccc(C(=O)NCCC3CCOCC3)cc2)C1(C)C. The van der Waals surface area contributed by atoms with Crippen LogP contribution in [0.25, 0.3) is 0 Å². The van der Waals surface area contributed by atoms with Crippen LogP contribution < -0.4 is 10.6 Å². The van der Waals surface area contributed by atoms with Gasteiger partial charge in [-0.25, -0.2) is 8.42 Å². The van der Waals surface area contributed by atoms with E-state index in [1.165, 1.54) is 22.5 Å². The Morgan fingerprint density at radius 2 is 1.76 bits per heavy atom. The van der Waals surface area contributed by atoms with E-state index in [1.807, 2.05) is 27.7 Å². The van der Waals surface area contributed by atoms with Gasteiger partial charge in [0, 0.05) is 36.9 Å². The molecule has 0 aliphatic carbocycles. The molecule has 0 saturated carbocycles. The van der Waals surface area contributed by atoms with E-state index in [0.717, 1.165) is 32.5 Å². The maximum absolute atomic E-state index is 13.7. The Balaban J connectivity index is 1.71. The molecule has 0 radical (unpaired) electrons. The zero-order chi connectivity index (χ0) is 25.1. The highest BCUT2D eigenvalue weighted by Crippen LogP contribution is 2.44. The van der Waals surface area contributed by atoms with E-state index in [4.69, 9.17) is 4.74 Å². The molecule has 9 heteroatoms. The van der Waals surface area contributed by atoms with Crippen molar-refractivity contribution in [1.82, 2.24) is 14.9 Å². The van der Waals surface area contributed by atoms with E-state index in [2.05, 4.69) is 17.2 Å². The highest BCUT2D eigenvalue weighted by atomic mass is 32.2. The zero-order valence-electron chi connectivity index (χ0n) is 20.6. The molecule has 34 heavy (non-hydrogen) atoms. The summed E-state index contributed by atoms with van der Waals surface area (Å²) in [4.78, 5) is 24.6. The predicted molar refractivity (Wildman–Crippen MR) is 131 cm³/mol. The van der Waals surface area contributed by atoms with Gasteiger partial charge >= 0.3 is 0 Å². The van der Waals surface area contributed by atoms with Crippen LogP contribution in [0.5, 0.6) is 0 Å².